The van der Waals surface area contributed by atoms with Crippen LogP contribution in [-0.4, -0.2) is 30.7 Å². The van der Waals surface area contributed by atoms with Gasteiger partial charge in [-0.05, 0) is 60.4 Å². The molecule has 1 amide bonds. The van der Waals surface area contributed by atoms with Crippen LogP contribution in [0.2, 0.25) is 0 Å². The topological polar surface area (TPSA) is 29.5 Å². The van der Waals surface area contributed by atoms with Crippen LogP contribution in [0.1, 0.15) is 36.0 Å². The van der Waals surface area contributed by atoms with Crippen LogP contribution in [0.3, 0.4) is 0 Å². The summed E-state index contributed by atoms with van der Waals surface area (Å²) in [6.45, 7) is 6.14. The van der Waals surface area contributed by atoms with Gasteiger partial charge in [0, 0.05) is 19.0 Å². The Kier molecular flexibility index (Phi) is 4.24. The third-order valence-electron chi connectivity index (χ3n) is 5.76. The first-order valence-electron chi connectivity index (χ1n) is 9.28. The van der Waals surface area contributed by atoms with E-state index in [0.29, 0.717) is 18.4 Å². The van der Waals surface area contributed by atoms with Crippen LogP contribution in [0.5, 0.6) is 0 Å². The number of hydrogen-bond donors (Lipinski definition) is 0. The van der Waals surface area contributed by atoms with E-state index in [2.05, 4.69) is 49.4 Å². The van der Waals surface area contributed by atoms with Gasteiger partial charge in [-0.3, -0.25) is 0 Å². The molecule has 130 valence electrons. The minimum absolute atomic E-state index is 0.162. The molecule has 0 aromatic heterocycles. The van der Waals surface area contributed by atoms with E-state index in [-0.39, 0.29) is 6.09 Å². The molecular formula is C22H25NO2. The van der Waals surface area contributed by atoms with Crippen molar-refractivity contribution in [2.75, 3.05) is 19.7 Å². The second-order valence-electron chi connectivity index (χ2n) is 7.23. The Labute approximate surface area is 149 Å². The smallest absolute Gasteiger partial charge is 0.409 e. The molecule has 0 saturated carbocycles. The first kappa shape index (κ1) is 16.2. The van der Waals surface area contributed by atoms with Gasteiger partial charge in [0.15, 0.2) is 0 Å². The van der Waals surface area contributed by atoms with E-state index >= 15 is 0 Å². The number of hydrogen-bond acceptors (Lipinski definition) is 2. The molecule has 1 aliphatic heterocycles. The summed E-state index contributed by atoms with van der Waals surface area (Å²) < 4.78 is 5.22. The Morgan fingerprint density at radius 2 is 2.00 bits per heavy atom. The van der Waals surface area contributed by atoms with Crippen molar-refractivity contribution in [1.29, 1.82) is 0 Å². The lowest BCUT2D eigenvalue weighted by molar-refractivity contribution is 0.0876. The molecule has 1 heterocycles. The van der Waals surface area contributed by atoms with Crippen molar-refractivity contribution >= 4 is 6.09 Å². The number of piperidine rings is 1. The minimum atomic E-state index is -0.162. The molecule has 2 aliphatic rings. The van der Waals surface area contributed by atoms with Crippen molar-refractivity contribution in [3.8, 4) is 11.1 Å². The average molecular weight is 335 g/mol. The molecule has 2 aromatic carbocycles. The lowest BCUT2D eigenvalue weighted by atomic mass is 9.85. The van der Waals surface area contributed by atoms with E-state index in [1.807, 2.05) is 11.8 Å². The maximum absolute atomic E-state index is 12.2. The minimum Gasteiger partial charge on any atom is -0.450 e. The molecule has 4 rings (SSSR count). The van der Waals surface area contributed by atoms with E-state index < -0.39 is 0 Å². The van der Waals surface area contributed by atoms with E-state index in [0.717, 1.165) is 25.9 Å². The van der Waals surface area contributed by atoms with Crippen molar-refractivity contribution in [2.45, 2.75) is 32.6 Å². The Morgan fingerprint density at radius 1 is 1.20 bits per heavy atom. The molecule has 0 N–H and O–H groups in total. The highest BCUT2D eigenvalue weighted by Gasteiger charge is 2.39. The summed E-state index contributed by atoms with van der Waals surface area (Å²) in [5.41, 5.74) is 6.87. The number of benzene rings is 2. The van der Waals surface area contributed by atoms with Gasteiger partial charge >= 0.3 is 6.09 Å². The fourth-order valence-corrected chi connectivity index (χ4v) is 4.49. The lowest BCUT2D eigenvalue weighted by Gasteiger charge is -2.34. The first-order chi connectivity index (χ1) is 12.2. The summed E-state index contributed by atoms with van der Waals surface area (Å²) in [6, 6.07) is 15.2. The van der Waals surface area contributed by atoms with Gasteiger partial charge in [-0.15, -0.1) is 0 Å². The SMILES string of the molecule is CCOC(=O)N1CCC2Cc3c(C)cc(-c4ccccc4)cc3C2C1. The number of ether oxygens (including phenoxy) is 1. The summed E-state index contributed by atoms with van der Waals surface area (Å²) in [6.07, 6.45) is 2.06. The number of carbonyl (C=O) groups excluding carboxylic acids is 1. The third kappa shape index (κ3) is 2.92. The van der Waals surface area contributed by atoms with Crippen molar-refractivity contribution in [2.24, 2.45) is 5.92 Å². The maximum atomic E-state index is 12.2. The number of nitrogens with zero attached hydrogens (tertiary/aromatic N) is 1. The standard InChI is InChI=1S/C22H25NO2/c1-3-25-22(24)23-10-9-17-12-19-15(2)11-18(13-20(19)21(17)14-23)16-7-5-4-6-8-16/h4-8,11,13,17,21H,3,9-10,12,14H2,1-2H3. The zero-order chi connectivity index (χ0) is 17.4. The lowest BCUT2D eigenvalue weighted by Crippen LogP contribution is -2.42. The Bertz CT molecular complexity index is 784. The van der Waals surface area contributed by atoms with E-state index in [9.17, 15) is 4.79 Å². The van der Waals surface area contributed by atoms with Gasteiger partial charge in [-0.1, -0.05) is 42.5 Å². The highest BCUT2D eigenvalue weighted by molar-refractivity contribution is 5.69. The maximum Gasteiger partial charge on any atom is 0.409 e. The van der Waals surface area contributed by atoms with Crippen LogP contribution in [0.15, 0.2) is 42.5 Å². The molecule has 1 aliphatic carbocycles. The number of rotatable bonds is 2. The summed E-state index contributed by atoms with van der Waals surface area (Å²) in [4.78, 5) is 14.1. The molecule has 2 atom stereocenters. The Hall–Kier alpha value is -2.29. The van der Waals surface area contributed by atoms with E-state index in [1.54, 1.807) is 0 Å². The summed E-state index contributed by atoms with van der Waals surface area (Å²) in [5.74, 6) is 1.10. The molecule has 3 nitrogen and oxygen atoms in total. The molecule has 0 spiro atoms. The number of aryl methyl sites for hydroxylation is 1. The van der Waals surface area contributed by atoms with Crippen molar-refractivity contribution in [3.63, 3.8) is 0 Å². The van der Waals surface area contributed by atoms with Gasteiger partial charge in [0.25, 0.3) is 0 Å². The molecule has 25 heavy (non-hydrogen) atoms. The molecule has 0 bridgehead atoms. The molecule has 1 saturated heterocycles. The fraction of sp³-hybridized carbons (Fsp3) is 0.409. The van der Waals surface area contributed by atoms with Gasteiger partial charge in [0.05, 0.1) is 6.61 Å². The number of fused-ring (bicyclic) bond motifs is 3. The molecule has 2 aromatic rings. The van der Waals surface area contributed by atoms with Crippen LogP contribution in [0.25, 0.3) is 11.1 Å². The van der Waals surface area contributed by atoms with Crippen LogP contribution >= 0.6 is 0 Å². The number of carbonyl (C=O) groups is 1. The van der Waals surface area contributed by atoms with Crippen LogP contribution in [0, 0.1) is 12.8 Å². The van der Waals surface area contributed by atoms with Crippen LogP contribution in [0.4, 0.5) is 4.79 Å². The normalized spacial score (nSPS) is 21.6. The average Bonchev–Trinajstić information content (AvgIpc) is 3.01. The van der Waals surface area contributed by atoms with Gasteiger partial charge in [-0.2, -0.15) is 0 Å². The number of likely N-dealkylation sites (tertiary alicyclic amines) is 1. The Balaban J connectivity index is 1.67. The Morgan fingerprint density at radius 3 is 2.76 bits per heavy atom. The van der Waals surface area contributed by atoms with Crippen LogP contribution < -0.4 is 0 Å². The molecule has 3 heteroatoms. The fourth-order valence-electron chi connectivity index (χ4n) is 4.49. The van der Waals surface area contributed by atoms with Crippen molar-refractivity contribution < 1.29 is 9.53 Å². The second kappa shape index (κ2) is 6.55. The second-order valence-corrected chi connectivity index (χ2v) is 7.23. The van der Waals surface area contributed by atoms with Gasteiger partial charge in [0.1, 0.15) is 0 Å². The molecular weight excluding hydrogens is 310 g/mol. The van der Waals surface area contributed by atoms with Gasteiger partial charge in [-0.25, -0.2) is 4.79 Å². The van der Waals surface area contributed by atoms with Gasteiger partial charge in [0.2, 0.25) is 0 Å². The van der Waals surface area contributed by atoms with Crippen molar-refractivity contribution in [1.82, 2.24) is 4.90 Å². The van der Waals surface area contributed by atoms with E-state index in [4.69, 9.17) is 4.74 Å². The summed E-state index contributed by atoms with van der Waals surface area (Å²) in [7, 11) is 0. The van der Waals surface area contributed by atoms with Crippen LogP contribution in [-0.2, 0) is 11.2 Å². The summed E-state index contributed by atoms with van der Waals surface area (Å²) >= 11 is 0. The zero-order valence-corrected chi connectivity index (χ0v) is 15.0. The highest BCUT2D eigenvalue weighted by Crippen LogP contribution is 2.45. The monoisotopic (exact) mass is 335 g/mol. The van der Waals surface area contributed by atoms with E-state index in [1.165, 1.54) is 27.8 Å². The zero-order valence-electron chi connectivity index (χ0n) is 15.0. The predicted octanol–water partition coefficient (Wildman–Crippen LogP) is 4.78. The van der Waals surface area contributed by atoms with Gasteiger partial charge < -0.3 is 9.64 Å². The first-order valence-corrected chi connectivity index (χ1v) is 9.28. The quantitative estimate of drug-likeness (QED) is 0.790. The third-order valence-corrected chi connectivity index (χ3v) is 5.76. The predicted molar refractivity (Wildman–Crippen MR) is 99.8 cm³/mol. The molecule has 2 unspecified atom stereocenters. The molecule has 1 fully saturated rings. The summed E-state index contributed by atoms with van der Waals surface area (Å²) in [5, 5.41) is 0. The van der Waals surface area contributed by atoms with Crippen molar-refractivity contribution in [3.05, 3.63) is 59.2 Å². The largest absolute Gasteiger partial charge is 0.450 e. The molecule has 0 radical (unpaired) electrons. The number of amides is 1. The highest BCUT2D eigenvalue weighted by atomic mass is 16.6.